The summed E-state index contributed by atoms with van der Waals surface area (Å²) in [7, 11) is -3.92. The highest BCUT2D eigenvalue weighted by Gasteiger charge is 2.39. The van der Waals surface area contributed by atoms with Crippen LogP contribution in [0.1, 0.15) is 12.0 Å². The summed E-state index contributed by atoms with van der Waals surface area (Å²) >= 11 is 2.03. The topological polar surface area (TPSA) is 95.9 Å². The first kappa shape index (κ1) is 21.3. The van der Waals surface area contributed by atoms with Gasteiger partial charge in [0.25, 0.3) is 10.0 Å². The van der Waals surface area contributed by atoms with Gasteiger partial charge in [-0.1, -0.05) is 42.1 Å². The molecule has 0 spiro atoms. The van der Waals surface area contributed by atoms with Crippen LogP contribution in [0.15, 0.2) is 63.0 Å². The second kappa shape index (κ2) is 8.93. The second-order valence-corrected chi connectivity index (χ2v) is 10.1. The van der Waals surface area contributed by atoms with Gasteiger partial charge in [0.15, 0.2) is 5.17 Å². The van der Waals surface area contributed by atoms with Crippen molar-refractivity contribution in [3.8, 4) is 0 Å². The number of amides is 2. The van der Waals surface area contributed by atoms with E-state index >= 15 is 0 Å². The Bertz CT molecular complexity index is 1060. The fraction of sp³-hybridized carbons (Fsp3) is 0.211. The lowest BCUT2D eigenvalue weighted by Crippen LogP contribution is -2.33. The van der Waals surface area contributed by atoms with Crippen molar-refractivity contribution in [1.82, 2.24) is 4.90 Å². The fourth-order valence-electron chi connectivity index (χ4n) is 2.65. The summed E-state index contributed by atoms with van der Waals surface area (Å²) < 4.78 is 28.9. The predicted molar refractivity (Wildman–Crippen MR) is 117 cm³/mol. The number of carbonyl (C=O) groups excluding carboxylic acids is 2. The van der Waals surface area contributed by atoms with E-state index in [1.807, 2.05) is 25.1 Å². The van der Waals surface area contributed by atoms with Crippen molar-refractivity contribution in [3.63, 3.8) is 0 Å². The summed E-state index contributed by atoms with van der Waals surface area (Å²) in [6.07, 6.45) is 1.39. The molecule has 7 nitrogen and oxygen atoms in total. The lowest BCUT2D eigenvalue weighted by molar-refractivity contribution is -0.127. The van der Waals surface area contributed by atoms with Gasteiger partial charge < -0.3 is 5.32 Å². The van der Waals surface area contributed by atoms with Gasteiger partial charge in [0.05, 0.1) is 0 Å². The van der Waals surface area contributed by atoms with Gasteiger partial charge in [-0.3, -0.25) is 14.5 Å². The molecule has 0 aliphatic carbocycles. The van der Waals surface area contributed by atoms with E-state index in [0.29, 0.717) is 5.69 Å². The first-order chi connectivity index (χ1) is 13.8. The minimum atomic E-state index is -3.92. The number of carbonyl (C=O) groups is 2. The molecule has 0 bridgehead atoms. The molecule has 1 N–H and O–H groups in total. The molecule has 1 saturated heterocycles. The Morgan fingerprint density at radius 2 is 2.07 bits per heavy atom. The SMILES string of the molecule is C=CCN1C(=O)C(CC(=O)Nc2ccccc2C)SC1=NS(=O)(=O)c1cccs1. The monoisotopic (exact) mass is 449 g/mol. The number of anilines is 1. The third-order valence-corrected chi connectivity index (χ3v) is 8.00. The third-order valence-electron chi connectivity index (χ3n) is 4.07. The van der Waals surface area contributed by atoms with E-state index in [-0.39, 0.29) is 34.2 Å². The smallest absolute Gasteiger partial charge is 0.294 e. The average Bonchev–Trinajstić information content (AvgIpc) is 3.29. The van der Waals surface area contributed by atoms with Crippen LogP contribution < -0.4 is 5.32 Å². The number of nitrogens with one attached hydrogen (secondary N) is 1. The Labute approximate surface area is 177 Å². The number of nitrogens with zero attached hydrogens (tertiary/aromatic N) is 2. The molecular weight excluding hydrogens is 430 g/mol. The van der Waals surface area contributed by atoms with E-state index < -0.39 is 15.3 Å². The molecule has 0 saturated carbocycles. The number of hydrogen-bond donors (Lipinski definition) is 1. The standard InChI is InChI=1S/C19H19N3O4S3/c1-3-10-22-18(24)15(12-16(23)20-14-8-5-4-7-13(14)2)28-19(22)21-29(25,26)17-9-6-11-27-17/h3-9,11,15H,1,10,12H2,2H3,(H,20,23). The maximum Gasteiger partial charge on any atom is 0.294 e. The van der Waals surface area contributed by atoms with Gasteiger partial charge in [-0.15, -0.1) is 22.3 Å². The molecule has 2 amide bonds. The van der Waals surface area contributed by atoms with Crippen LogP contribution in [-0.2, 0) is 19.6 Å². The number of thiophene rings is 1. The van der Waals surface area contributed by atoms with Crippen LogP contribution in [0, 0.1) is 6.92 Å². The van der Waals surface area contributed by atoms with Crippen molar-refractivity contribution < 1.29 is 18.0 Å². The molecule has 10 heteroatoms. The quantitative estimate of drug-likeness (QED) is 0.655. The molecule has 0 radical (unpaired) electrons. The molecule has 1 unspecified atom stereocenters. The Balaban J connectivity index is 1.78. The average molecular weight is 450 g/mol. The number of sulfonamides is 1. The normalized spacial score (nSPS) is 18.2. The third kappa shape index (κ3) is 4.95. The molecule has 1 atom stereocenters. The van der Waals surface area contributed by atoms with E-state index in [2.05, 4.69) is 16.3 Å². The van der Waals surface area contributed by atoms with Gasteiger partial charge in [0.2, 0.25) is 11.8 Å². The van der Waals surface area contributed by atoms with Crippen LogP contribution in [-0.4, -0.2) is 42.1 Å². The largest absolute Gasteiger partial charge is 0.326 e. The number of aryl methyl sites for hydroxylation is 1. The number of amidine groups is 1. The van der Waals surface area contributed by atoms with Crippen LogP contribution in [0.5, 0.6) is 0 Å². The summed E-state index contributed by atoms with van der Waals surface area (Å²) in [6, 6.07) is 10.4. The zero-order valence-corrected chi connectivity index (χ0v) is 18.0. The van der Waals surface area contributed by atoms with Gasteiger partial charge in [-0.05, 0) is 30.0 Å². The van der Waals surface area contributed by atoms with Gasteiger partial charge in [-0.25, -0.2) is 0 Å². The van der Waals surface area contributed by atoms with Crippen molar-refractivity contribution in [1.29, 1.82) is 0 Å². The van der Waals surface area contributed by atoms with Crippen LogP contribution in [0.3, 0.4) is 0 Å². The maximum atomic E-state index is 12.7. The molecule has 152 valence electrons. The van der Waals surface area contributed by atoms with Crippen molar-refractivity contribution in [2.45, 2.75) is 22.8 Å². The Morgan fingerprint density at radius 3 is 2.72 bits per heavy atom. The summed E-state index contributed by atoms with van der Waals surface area (Å²) in [5.41, 5.74) is 1.58. The molecular formula is C19H19N3O4S3. The highest BCUT2D eigenvalue weighted by Crippen LogP contribution is 2.32. The number of rotatable bonds is 7. The molecule has 2 aromatic rings. The molecule has 3 rings (SSSR count). The van der Waals surface area contributed by atoms with E-state index in [1.54, 1.807) is 17.5 Å². The predicted octanol–water partition coefficient (Wildman–Crippen LogP) is 3.26. The molecule has 1 aliphatic rings. The molecule has 1 aromatic heterocycles. The molecule has 1 aromatic carbocycles. The molecule has 2 heterocycles. The Hall–Kier alpha value is -2.43. The van der Waals surface area contributed by atoms with E-state index in [0.717, 1.165) is 28.7 Å². The van der Waals surface area contributed by atoms with Crippen molar-refractivity contribution in [3.05, 3.63) is 60.0 Å². The van der Waals surface area contributed by atoms with Crippen LogP contribution in [0.2, 0.25) is 0 Å². The second-order valence-electron chi connectivity index (χ2n) is 6.19. The van der Waals surface area contributed by atoms with Crippen molar-refractivity contribution in [2.75, 3.05) is 11.9 Å². The van der Waals surface area contributed by atoms with Crippen LogP contribution >= 0.6 is 23.1 Å². The minimum Gasteiger partial charge on any atom is -0.326 e. The van der Waals surface area contributed by atoms with Crippen LogP contribution in [0.4, 0.5) is 5.69 Å². The zero-order chi connectivity index (χ0) is 21.0. The van der Waals surface area contributed by atoms with Crippen LogP contribution in [0.25, 0.3) is 0 Å². The summed E-state index contributed by atoms with van der Waals surface area (Å²) in [4.78, 5) is 26.4. The number of benzene rings is 1. The molecule has 1 aliphatic heterocycles. The number of thioether (sulfide) groups is 1. The molecule has 29 heavy (non-hydrogen) atoms. The van der Waals surface area contributed by atoms with Crippen molar-refractivity contribution in [2.24, 2.45) is 4.40 Å². The van der Waals surface area contributed by atoms with Crippen molar-refractivity contribution >= 4 is 55.8 Å². The summed E-state index contributed by atoms with van der Waals surface area (Å²) in [6.45, 7) is 5.59. The number of hydrogen-bond acceptors (Lipinski definition) is 6. The lowest BCUT2D eigenvalue weighted by atomic mass is 10.2. The first-order valence-electron chi connectivity index (χ1n) is 8.64. The minimum absolute atomic E-state index is 0.0528. The Morgan fingerprint density at radius 1 is 1.31 bits per heavy atom. The number of para-hydroxylation sites is 1. The van der Waals surface area contributed by atoms with E-state index in [1.165, 1.54) is 17.0 Å². The van der Waals surface area contributed by atoms with E-state index in [4.69, 9.17) is 0 Å². The Kier molecular flexibility index (Phi) is 6.56. The van der Waals surface area contributed by atoms with Gasteiger partial charge >= 0.3 is 0 Å². The first-order valence-corrected chi connectivity index (χ1v) is 11.8. The van der Waals surface area contributed by atoms with Gasteiger partial charge in [-0.2, -0.15) is 8.42 Å². The summed E-state index contributed by atoms with van der Waals surface area (Å²) in [5.74, 6) is -0.693. The zero-order valence-electron chi connectivity index (χ0n) is 15.6. The fourth-order valence-corrected chi connectivity index (χ4v) is 5.98. The van der Waals surface area contributed by atoms with Gasteiger partial charge in [0, 0.05) is 18.7 Å². The highest BCUT2D eigenvalue weighted by atomic mass is 32.2. The summed E-state index contributed by atoms with van der Waals surface area (Å²) in [5, 5.41) is 3.73. The molecule has 1 fully saturated rings. The van der Waals surface area contributed by atoms with Gasteiger partial charge in [0.1, 0.15) is 9.46 Å². The maximum absolute atomic E-state index is 12.7. The lowest BCUT2D eigenvalue weighted by Gasteiger charge is -2.13. The highest BCUT2D eigenvalue weighted by molar-refractivity contribution is 8.16. The van der Waals surface area contributed by atoms with E-state index in [9.17, 15) is 18.0 Å².